The first-order valence-corrected chi connectivity index (χ1v) is 10.7. The summed E-state index contributed by atoms with van der Waals surface area (Å²) in [4.78, 5) is 22.6. The van der Waals surface area contributed by atoms with Gasteiger partial charge in [-0.2, -0.15) is 0 Å². The number of fused-ring (bicyclic) bond motifs is 2. The largest absolute Gasteiger partial charge is 0.572 e. The Morgan fingerprint density at radius 2 is 1.24 bits per heavy atom. The minimum absolute atomic E-state index is 0.211. The highest BCUT2D eigenvalue weighted by Gasteiger charge is 2.34. The third kappa shape index (κ3) is 3.53. The Morgan fingerprint density at radius 3 is 1.97 bits per heavy atom. The number of benzene rings is 3. The molecule has 0 amide bonds. The molecule has 0 aliphatic heterocycles. The lowest BCUT2D eigenvalue weighted by Crippen LogP contribution is -2.25. The van der Waals surface area contributed by atoms with E-state index in [1.165, 1.54) is 0 Å². The van der Waals surface area contributed by atoms with Crippen molar-refractivity contribution in [2.45, 2.75) is 0 Å². The molecule has 29 heavy (non-hydrogen) atoms. The Bertz CT molecular complexity index is 1280. The fourth-order valence-electron chi connectivity index (χ4n) is 3.47. The van der Waals surface area contributed by atoms with Gasteiger partial charge in [-0.1, -0.05) is 66.7 Å². The van der Waals surface area contributed by atoms with E-state index in [9.17, 15) is 24.0 Å². The van der Waals surface area contributed by atoms with Gasteiger partial charge in [0.05, 0.1) is 0 Å². The van der Waals surface area contributed by atoms with Gasteiger partial charge in [0.2, 0.25) is 0 Å². The second kappa shape index (κ2) is 7.74. The van der Waals surface area contributed by atoms with E-state index in [0.29, 0.717) is 22.3 Å². The summed E-state index contributed by atoms with van der Waals surface area (Å²) in [5, 5.41) is 12.8. The van der Waals surface area contributed by atoms with E-state index in [-0.39, 0.29) is 5.71 Å². The Kier molecular flexibility index (Phi) is 5.14. The van der Waals surface area contributed by atoms with E-state index in [1.54, 1.807) is 30.3 Å². The first kappa shape index (κ1) is 19.2. The molecule has 9 heteroatoms. The maximum Gasteiger partial charge on any atom is 0.464 e. The van der Waals surface area contributed by atoms with Crippen LogP contribution in [0.5, 0.6) is 0 Å². The molecule has 3 aromatic rings. The lowest BCUT2D eigenvalue weighted by atomic mass is 9.82. The van der Waals surface area contributed by atoms with Gasteiger partial charge in [-0.25, -0.2) is 0 Å². The summed E-state index contributed by atoms with van der Waals surface area (Å²) in [5.74, 6) is -0.449. The number of rotatable bonds is 3. The van der Waals surface area contributed by atoms with Crippen LogP contribution < -0.4 is 9.79 Å². The zero-order valence-electron chi connectivity index (χ0n) is 14.7. The molecule has 1 N–H and O–H groups in total. The van der Waals surface area contributed by atoms with Crippen molar-refractivity contribution in [3.63, 3.8) is 0 Å². The predicted molar refractivity (Wildman–Crippen MR) is 108 cm³/mol. The lowest BCUT2D eigenvalue weighted by molar-refractivity contribution is -0.165. The van der Waals surface area contributed by atoms with Crippen LogP contribution in [0.3, 0.4) is 0 Å². The zero-order chi connectivity index (χ0) is 20.5. The van der Waals surface area contributed by atoms with Gasteiger partial charge in [0.15, 0.2) is 17.2 Å². The molecule has 0 saturated heterocycles. The van der Waals surface area contributed by atoms with E-state index in [4.69, 9.17) is 0 Å². The van der Waals surface area contributed by atoms with Gasteiger partial charge in [-0.15, -0.1) is 0 Å². The van der Waals surface area contributed by atoms with Crippen molar-refractivity contribution in [2.75, 3.05) is 0 Å². The average Bonchev–Trinajstić information content (AvgIpc) is 2.70. The topological polar surface area (TPSA) is 125 Å². The van der Waals surface area contributed by atoms with Crippen LogP contribution in [0.25, 0.3) is 16.3 Å². The molecule has 1 aliphatic rings. The van der Waals surface area contributed by atoms with Crippen LogP contribution in [0.2, 0.25) is 0 Å². The number of hydrogen-bond donors (Lipinski definition) is 1. The molecule has 0 heterocycles. The molecule has 0 fully saturated rings. The fraction of sp³-hybridized carbons (Fsp3) is 0. The SMILES string of the molecule is O=[P+]([O-])N=C1C(=N[P+](=O)[O-])c2ccccc2C(c2cccc3ccccc23)=C1O. The van der Waals surface area contributed by atoms with Gasteiger partial charge in [-0.3, -0.25) is 0 Å². The highest BCUT2D eigenvalue weighted by atomic mass is 31.1. The summed E-state index contributed by atoms with van der Waals surface area (Å²) in [6.07, 6.45) is 0. The standard InChI is InChI=1S/C20H12N2O5P2/c23-20-17(14-11-5-7-12-6-1-2-8-13(12)14)15-9-3-4-10-16(15)18(21-28(24)25)19(20)22-29(26)27/h1-11,23H. The normalized spacial score (nSPS) is 17.6. The second-order valence-electron chi connectivity index (χ2n) is 6.17. The summed E-state index contributed by atoms with van der Waals surface area (Å²) < 4.78 is 29.6. The Morgan fingerprint density at radius 1 is 0.690 bits per heavy atom. The van der Waals surface area contributed by atoms with Gasteiger partial charge in [0, 0.05) is 11.1 Å². The molecule has 3 aromatic carbocycles. The molecule has 4 rings (SSSR count). The van der Waals surface area contributed by atoms with E-state index < -0.39 is 27.8 Å². The molecule has 1 aliphatic carbocycles. The number of hydrogen-bond acceptors (Lipinski definition) is 5. The summed E-state index contributed by atoms with van der Waals surface area (Å²) in [7, 11) is -6.54. The van der Waals surface area contributed by atoms with Gasteiger partial charge in [-0.05, 0) is 40.6 Å². The molecule has 0 spiro atoms. The van der Waals surface area contributed by atoms with Crippen molar-refractivity contribution in [3.8, 4) is 0 Å². The van der Waals surface area contributed by atoms with Crippen molar-refractivity contribution >= 4 is 44.1 Å². The number of aliphatic hydroxyl groups is 1. The Hall–Kier alpha value is -3.08. The average molecular weight is 422 g/mol. The summed E-state index contributed by atoms with van der Waals surface area (Å²) in [5.41, 5.74) is 1.29. The van der Waals surface area contributed by atoms with Crippen LogP contribution >= 0.6 is 16.4 Å². The molecule has 2 unspecified atom stereocenters. The van der Waals surface area contributed by atoms with Crippen LogP contribution in [0.15, 0.2) is 82.0 Å². The van der Waals surface area contributed by atoms with Crippen molar-refractivity contribution in [3.05, 3.63) is 89.2 Å². The summed E-state index contributed by atoms with van der Waals surface area (Å²) in [6.45, 7) is 0. The van der Waals surface area contributed by atoms with Crippen molar-refractivity contribution in [1.29, 1.82) is 0 Å². The third-order valence-electron chi connectivity index (χ3n) is 4.56. The molecule has 0 aromatic heterocycles. The summed E-state index contributed by atoms with van der Waals surface area (Å²) in [6, 6.07) is 19.8. The lowest BCUT2D eigenvalue weighted by Gasteiger charge is -2.22. The minimum Gasteiger partial charge on any atom is -0.572 e. The van der Waals surface area contributed by atoms with Crippen LogP contribution in [0.4, 0.5) is 0 Å². The predicted octanol–water partition coefficient (Wildman–Crippen LogP) is 3.44. The molecule has 0 saturated carbocycles. The molecule has 7 nitrogen and oxygen atoms in total. The number of aliphatic hydroxyl groups excluding tert-OH is 1. The first-order chi connectivity index (χ1) is 14.0. The van der Waals surface area contributed by atoms with Gasteiger partial charge >= 0.3 is 16.4 Å². The number of allylic oxidation sites excluding steroid dienone is 1. The van der Waals surface area contributed by atoms with E-state index in [0.717, 1.165) is 10.8 Å². The quantitative estimate of drug-likeness (QED) is 0.648. The van der Waals surface area contributed by atoms with Crippen LogP contribution in [0.1, 0.15) is 16.7 Å². The maximum atomic E-state index is 11.3. The van der Waals surface area contributed by atoms with Crippen molar-refractivity contribution in [2.24, 2.45) is 9.53 Å². The van der Waals surface area contributed by atoms with Gasteiger partial charge in [0.1, 0.15) is 0 Å². The zero-order valence-corrected chi connectivity index (χ0v) is 16.5. The maximum absolute atomic E-state index is 11.3. The Labute approximate surface area is 167 Å². The molecule has 2 atom stereocenters. The fourth-order valence-corrected chi connectivity index (χ4v) is 4.19. The molecule has 0 bridgehead atoms. The van der Waals surface area contributed by atoms with Crippen LogP contribution in [0, 0.1) is 0 Å². The van der Waals surface area contributed by atoms with E-state index in [2.05, 4.69) is 9.53 Å². The third-order valence-corrected chi connectivity index (χ3v) is 5.29. The molecule has 0 radical (unpaired) electrons. The van der Waals surface area contributed by atoms with E-state index in [1.807, 2.05) is 36.4 Å². The molecule has 142 valence electrons. The van der Waals surface area contributed by atoms with Crippen LogP contribution in [-0.4, -0.2) is 16.5 Å². The van der Waals surface area contributed by atoms with Gasteiger partial charge < -0.3 is 14.9 Å². The summed E-state index contributed by atoms with van der Waals surface area (Å²) >= 11 is 0. The van der Waals surface area contributed by atoms with Crippen molar-refractivity contribution in [1.82, 2.24) is 0 Å². The van der Waals surface area contributed by atoms with Gasteiger partial charge in [0.25, 0.3) is 0 Å². The van der Waals surface area contributed by atoms with Crippen molar-refractivity contribution < 1.29 is 24.0 Å². The minimum atomic E-state index is -3.30. The first-order valence-electron chi connectivity index (χ1n) is 8.45. The van der Waals surface area contributed by atoms with Crippen LogP contribution in [-0.2, 0) is 9.13 Å². The highest BCUT2D eigenvalue weighted by molar-refractivity contribution is 7.36. The van der Waals surface area contributed by atoms with E-state index >= 15 is 0 Å². The Balaban J connectivity index is 2.13. The monoisotopic (exact) mass is 422 g/mol. The second-order valence-corrected chi connectivity index (χ2v) is 7.52. The molecular weight excluding hydrogens is 410 g/mol. The number of nitrogens with zero attached hydrogens (tertiary/aromatic N) is 2. The highest BCUT2D eigenvalue weighted by Crippen LogP contribution is 2.39. The smallest absolute Gasteiger partial charge is 0.464 e. The molecular formula is C20H12N2O5P2.